The first-order valence-corrected chi connectivity index (χ1v) is 34.4. The van der Waals surface area contributed by atoms with Crippen molar-refractivity contribution < 1.29 is 88.3 Å². The minimum Gasteiger partial charge on any atom is -0.375 e. The van der Waals surface area contributed by atoms with Crippen LogP contribution in [-0.4, -0.2) is 74.2 Å². The average Bonchev–Trinajstić information content (AvgIpc) is 0.830. The number of hydrogen-bond donors (Lipinski definition) is 2. The van der Waals surface area contributed by atoms with E-state index in [0.717, 1.165) is 49.0 Å². The molecule has 0 aliphatic heterocycles. The summed E-state index contributed by atoms with van der Waals surface area (Å²) in [6.45, 7) is 56.3. The van der Waals surface area contributed by atoms with Crippen LogP contribution in [0.5, 0.6) is 0 Å². The van der Waals surface area contributed by atoms with E-state index in [0.29, 0.717) is 16.7 Å². The summed E-state index contributed by atoms with van der Waals surface area (Å²) < 4.78 is 5.90. The molecule has 18 heteroatoms. The van der Waals surface area contributed by atoms with Gasteiger partial charge >= 0.3 is 17.9 Å². The van der Waals surface area contributed by atoms with Crippen molar-refractivity contribution >= 4 is 17.9 Å². The van der Waals surface area contributed by atoms with Gasteiger partial charge < -0.3 is 4.74 Å². The zero-order valence-corrected chi connectivity index (χ0v) is 66.3. The Bertz CT molecular complexity index is 2990. The summed E-state index contributed by atoms with van der Waals surface area (Å²) in [7, 11) is 0. The first-order chi connectivity index (χ1) is 46.4. The Kier molecular flexibility index (Phi) is 41.1. The van der Waals surface area contributed by atoms with Gasteiger partial charge in [0.2, 0.25) is 0 Å². The maximum Gasteiger partial charge on any atom is 0.386 e. The Labute approximate surface area is 606 Å². The molecule has 6 rings (SSSR count). The lowest BCUT2D eigenvalue weighted by Gasteiger charge is -2.33. The lowest BCUT2D eigenvalue weighted by molar-refractivity contribution is -0.410. The van der Waals surface area contributed by atoms with Crippen LogP contribution in [0.15, 0.2) is 182 Å². The molecule has 0 unspecified atom stereocenters. The highest BCUT2D eigenvalue weighted by molar-refractivity contribution is 5.92. The zero-order chi connectivity index (χ0) is 77.6. The van der Waals surface area contributed by atoms with E-state index in [-0.39, 0.29) is 33.4 Å². The van der Waals surface area contributed by atoms with Crippen molar-refractivity contribution in [2.24, 2.45) is 5.41 Å². The molecule has 0 fully saturated rings. The third-order valence-corrected chi connectivity index (χ3v) is 14.0. The first-order valence-electron chi connectivity index (χ1n) is 34.4. The van der Waals surface area contributed by atoms with Crippen LogP contribution >= 0.6 is 0 Å². The predicted octanol–water partition coefficient (Wildman–Crippen LogP) is 22.1. The summed E-state index contributed by atoms with van der Waals surface area (Å²) in [6, 6.07) is 55.0. The van der Waals surface area contributed by atoms with Gasteiger partial charge in [0.15, 0.2) is 0 Å². The van der Waals surface area contributed by atoms with E-state index in [1.54, 1.807) is 106 Å². The van der Waals surface area contributed by atoms with Crippen LogP contribution in [0.25, 0.3) is 0 Å². The van der Waals surface area contributed by atoms with Crippen molar-refractivity contribution in [1.29, 1.82) is 0 Å². The number of ether oxygens (including phenoxy) is 1. The molecule has 0 aromatic heterocycles. The van der Waals surface area contributed by atoms with E-state index >= 15 is 0 Å². The fourth-order valence-corrected chi connectivity index (χ4v) is 6.73. The molecule has 18 nitrogen and oxygen atoms in total. The van der Waals surface area contributed by atoms with Crippen molar-refractivity contribution in [1.82, 2.24) is 0 Å². The van der Waals surface area contributed by atoms with Gasteiger partial charge in [0.25, 0.3) is 0 Å². The Morgan fingerprint density at radius 3 is 0.812 bits per heavy atom. The van der Waals surface area contributed by atoms with Gasteiger partial charge in [0.1, 0.15) is 22.4 Å². The quantitative estimate of drug-likeness (QED) is 0.0451. The molecule has 0 radical (unpaired) electrons. The van der Waals surface area contributed by atoms with Crippen LogP contribution in [0.4, 0.5) is 0 Å². The van der Waals surface area contributed by atoms with Gasteiger partial charge in [0, 0.05) is 0 Å². The lowest BCUT2D eigenvalue weighted by atomic mass is 9.84. The lowest BCUT2D eigenvalue weighted by Crippen LogP contribution is -2.33. The summed E-state index contributed by atoms with van der Waals surface area (Å²) in [5.41, 5.74) is 0.914. The molecule has 0 amide bonds. The minimum atomic E-state index is -0.708. The van der Waals surface area contributed by atoms with Crippen molar-refractivity contribution in [3.05, 3.63) is 215 Å². The van der Waals surface area contributed by atoms with Crippen LogP contribution in [0.2, 0.25) is 0 Å². The van der Waals surface area contributed by atoms with Crippen LogP contribution in [0, 0.1) is 5.41 Å². The molecule has 0 saturated heterocycles. The van der Waals surface area contributed by atoms with Gasteiger partial charge in [-0.15, -0.1) is 0 Å². The highest BCUT2D eigenvalue weighted by atomic mass is 17.2. The van der Waals surface area contributed by atoms with Crippen LogP contribution in [-0.2, 0) is 80.2 Å². The Morgan fingerprint density at radius 1 is 0.287 bits per heavy atom. The molecule has 0 atom stereocenters. The second kappa shape index (κ2) is 44.0. The van der Waals surface area contributed by atoms with Crippen molar-refractivity contribution in [3.63, 3.8) is 0 Å². The topological polar surface area (TPSA) is 212 Å². The van der Waals surface area contributed by atoms with Gasteiger partial charge in [0.05, 0.1) is 56.9 Å². The molecule has 566 valence electrons. The fraction of sp³-hybridized carbons (Fsp3) is 0.530. The second-order valence-corrected chi connectivity index (χ2v) is 32.0. The molecular weight excluding hydrogens is 1280 g/mol. The molecule has 0 bridgehead atoms. The number of benzene rings is 6. The van der Waals surface area contributed by atoms with E-state index in [1.807, 2.05) is 208 Å². The van der Waals surface area contributed by atoms with E-state index in [1.165, 1.54) is 0 Å². The maximum atomic E-state index is 11.5. The van der Waals surface area contributed by atoms with Gasteiger partial charge in [-0.3, -0.25) is 15.4 Å². The van der Waals surface area contributed by atoms with Crippen LogP contribution < -0.4 is 0 Å². The zero-order valence-electron chi connectivity index (χ0n) is 66.3. The SMILES string of the molecule is CC(C)(C)OO.CC(C)(C)OOC(=O)c1ccccc1.CC(C)(CCC(C)(C)OOC(C)(C)C)COC(C)(C)C.CC(C)(OO)c1ccccc1.CC(C)(OOC(C)(C)c1ccccc1)c1ccccc1.CCC(C)(C)OOC(C)(C)CC.O=C(OOC(=O)c1ccccc1)c1ccccc1. The fourth-order valence-electron chi connectivity index (χ4n) is 6.73. The Balaban J connectivity index is 0.00000118. The maximum absolute atomic E-state index is 11.5. The van der Waals surface area contributed by atoms with E-state index < -0.39 is 45.9 Å². The van der Waals surface area contributed by atoms with Crippen molar-refractivity contribution in [3.8, 4) is 0 Å². The summed E-state index contributed by atoms with van der Waals surface area (Å²) in [6.07, 6.45) is 3.87. The minimum absolute atomic E-state index is 0.0847. The normalized spacial score (nSPS) is 12.2. The van der Waals surface area contributed by atoms with Crippen molar-refractivity contribution in [2.45, 2.75) is 276 Å². The van der Waals surface area contributed by atoms with E-state index in [2.05, 4.69) is 86.8 Å². The number of carbonyl (C=O) groups is 3. The van der Waals surface area contributed by atoms with Crippen molar-refractivity contribution in [2.75, 3.05) is 6.61 Å². The molecule has 0 aliphatic carbocycles. The van der Waals surface area contributed by atoms with Gasteiger partial charge in [-0.2, -0.15) is 4.89 Å². The summed E-state index contributed by atoms with van der Waals surface area (Å²) >= 11 is 0. The summed E-state index contributed by atoms with van der Waals surface area (Å²) in [5.74, 6) is -1.89. The Morgan fingerprint density at radius 2 is 0.554 bits per heavy atom. The Hall–Kier alpha value is -6.75. The molecule has 2 N–H and O–H groups in total. The number of hydrogen-bond acceptors (Lipinski definition) is 18. The van der Waals surface area contributed by atoms with E-state index in [9.17, 15) is 14.4 Å². The number of carbonyl (C=O) groups excluding carboxylic acids is 3. The van der Waals surface area contributed by atoms with Gasteiger partial charge in [-0.05, 0) is 250 Å². The third kappa shape index (κ3) is 46.5. The molecule has 6 aromatic rings. The highest BCUT2D eigenvalue weighted by Crippen LogP contribution is 2.33. The molecule has 0 heterocycles. The monoisotopic (exact) mass is 1410 g/mol. The molecule has 101 heavy (non-hydrogen) atoms. The highest BCUT2D eigenvalue weighted by Gasteiger charge is 2.32. The van der Waals surface area contributed by atoms with Gasteiger partial charge in [-0.1, -0.05) is 173 Å². The molecular formula is C83H126O18. The molecule has 0 saturated carbocycles. The number of rotatable bonds is 23. The summed E-state index contributed by atoms with van der Waals surface area (Å²) in [5, 5.41) is 16.5. The molecule has 0 aliphatic rings. The standard InChI is InChI=1S/C18H22O2.C17H36O3.C14H10O4.C11H14O3.C10H22O2.C9H12O2.C4H10O2/c1-17(2,15-11-7-5-8-12-15)19-20-18(3,4)16-13-9-6-10-14-16;1-14(2,3)18-13-16(7,8)11-12-17(9,10)20-19-15(4,5)6;15-13(11-7-3-1-4-8-11)17-18-14(16)12-9-5-2-6-10-12;1-11(2,3)14-13-10(12)9-7-5-4-6-8-9;1-7-9(3,4)11-12-10(5,6)8-2;1-9(2,11-10)8-6-4-3-5-7-8;1-4(2,3)6-5/h5-14H,1-4H3;11-13H2,1-10H3;1-10H;4-8H,1-3H3;7-8H2,1-6H3;3-7,10H,1-2H3;5H,1-3H3. The first kappa shape index (κ1) is 94.2. The average molecular weight is 1410 g/mol. The summed E-state index contributed by atoms with van der Waals surface area (Å²) in [4.78, 5) is 94.2. The van der Waals surface area contributed by atoms with Crippen LogP contribution in [0.3, 0.4) is 0 Å². The smallest absolute Gasteiger partial charge is 0.375 e. The molecule has 6 aromatic carbocycles. The van der Waals surface area contributed by atoms with Crippen LogP contribution in [0.1, 0.15) is 267 Å². The van der Waals surface area contributed by atoms with Gasteiger partial charge in [-0.25, -0.2) is 63.3 Å². The molecule has 0 spiro atoms. The second-order valence-electron chi connectivity index (χ2n) is 32.0. The largest absolute Gasteiger partial charge is 0.386 e. The third-order valence-electron chi connectivity index (χ3n) is 14.0. The predicted molar refractivity (Wildman–Crippen MR) is 400 cm³/mol. The van der Waals surface area contributed by atoms with E-state index in [4.69, 9.17) is 49.5 Å².